The topological polar surface area (TPSA) is 62.7 Å². The minimum Gasteiger partial charge on any atom is -0.349 e. The number of aromatic nitrogens is 3. The first kappa shape index (κ1) is 16.5. The van der Waals surface area contributed by atoms with Crippen molar-refractivity contribution < 1.29 is 4.79 Å². The first-order valence-electron chi connectivity index (χ1n) is 7.38. The molecule has 8 heteroatoms. The second-order valence-electron chi connectivity index (χ2n) is 5.50. The molecule has 0 saturated heterocycles. The van der Waals surface area contributed by atoms with Gasteiger partial charge in [-0.2, -0.15) is 5.10 Å². The molecule has 0 unspecified atom stereocenters. The first-order valence-corrected chi connectivity index (χ1v) is 8.55. The van der Waals surface area contributed by atoms with Crippen LogP contribution in [0.2, 0.25) is 10.0 Å². The number of amides is 1. The van der Waals surface area contributed by atoms with Gasteiger partial charge in [0.1, 0.15) is 0 Å². The summed E-state index contributed by atoms with van der Waals surface area (Å²) in [5.74, 6) is 0.794. The van der Waals surface area contributed by atoms with Gasteiger partial charge in [0.2, 0.25) is 5.91 Å². The number of benzene rings is 1. The molecule has 1 aliphatic carbocycles. The van der Waals surface area contributed by atoms with Crippen molar-refractivity contribution in [2.75, 3.05) is 0 Å². The Morgan fingerprint density at radius 2 is 2.30 bits per heavy atom. The van der Waals surface area contributed by atoms with Crippen LogP contribution >= 0.6 is 35.4 Å². The van der Waals surface area contributed by atoms with Gasteiger partial charge in [0.05, 0.1) is 16.6 Å². The SMILES string of the molecule is CCn1c(CNC(=O)[C@H]2C[C@@H]2c2cccc(Cl)c2Cl)n[nH]c1=S. The van der Waals surface area contributed by atoms with Crippen LogP contribution in [0, 0.1) is 10.7 Å². The highest BCUT2D eigenvalue weighted by Crippen LogP contribution is 2.50. The summed E-state index contributed by atoms with van der Waals surface area (Å²) in [7, 11) is 0. The maximum Gasteiger partial charge on any atom is 0.224 e. The molecule has 23 heavy (non-hydrogen) atoms. The molecule has 122 valence electrons. The van der Waals surface area contributed by atoms with Crippen LogP contribution < -0.4 is 5.32 Å². The normalized spacial score (nSPS) is 19.6. The van der Waals surface area contributed by atoms with Gasteiger partial charge in [-0.05, 0) is 43.1 Å². The highest BCUT2D eigenvalue weighted by atomic mass is 35.5. The number of carbonyl (C=O) groups is 1. The minimum atomic E-state index is -0.0667. The lowest BCUT2D eigenvalue weighted by molar-refractivity contribution is -0.122. The molecular formula is C15H16Cl2N4OS. The second kappa shape index (κ2) is 6.63. The zero-order valence-electron chi connectivity index (χ0n) is 12.5. The van der Waals surface area contributed by atoms with Crippen molar-refractivity contribution in [3.8, 4) is 0 Å². The van der Waals surface area contributed by atoms with Crippen LogP contribution in [0.25, 0.3) is 0 Å². The summed E-state index contributed by atoms with van der Waals surface area (Å²) in [6.45, 7) is 3.05. The summed E-state index contributed by atoms with van der Waals surface area (Å²) in [5, 5.41) is 10.9. The maximum atomic E-state index is 12.3. The standard InChI is InChI=1S/C15H16Cl2N4OS/c1-2-21-12(19-20-15(21)23)7-18-14(22)10-6-9(10)8-4-3-5-11(16)13(8)17/h3-5,9-10H,2,6-7H2,1H3,(H,18,22)(H,20,23)/t9-,10+/m1/s1. The molecule has 3 rings (SSSR count). The average Bonchev–Trinajstić information content (AvgIpc) is 3.25. The number of nitrogens with one attached hydrogen (secondary N) is 2. The van der Waals surface area contributed by atoms with Crippen molar-refractivity contribution in [3.05, 3.63) is 44.4 Å². The molecule has 2 N–H and O–H groups in total. The fraction of sp³-hybridized carbons (Fsp3) is 0.400. The summed E-state index contributed by atoms with van der Waals surface area (Å²) in [4.78, 5) is 12.3. The number of rotatable bonds is 5. The van der Waals surface area contributed by atoms with Crippen LogP contribution in [-0.2, 0) is 17.9 Å². The van der Waals surface area contributed by atoms with E-state index in [-0.39, 0.29) is 17.7 Å². The Hall–Kier alpha value is -1.37. The Bertz CT molecular complexity index is 801. The van der Waals surface area contributed by atoms with Crippen LogP contribution in [0.5, 0.6) is 0 Å². The molecule has 0 spiro atoms. The molecule has 2 atom stereocenters. The number of carbonyl (C=O) groups excluding carboxylic acids is 1. The first-order chi connectivity index (χ1) is 11.0. The third-order valence-electron chi connectivity index (χ3n) is 4.08. The fourth-order valence-corrected chi connectivity index (χ4v) is 3.47. The molecule has 0 aliphatic heterocycles. The summed E-state index contributed by atoms with van der Waals surface area (Å²) in [6, 6.07) is 5.53. The van der Waals surface area contributed by atoms with Gasteiger partial charge >= 0.3 is 0 Å². The minimum absolute atomic E-state index is 0.00242. The van der Waals surface area contributed by atoms with Crippen LogP contribution in [0.3, 0.4) is 0 Å². The van der Waals surface area contributed by atoms with Crippen molar-refractivity contribution >= 4 is 41.3 Å². The smallest absolute Gasteiger partial charge is 0.224 e. The highest BCUT2D eigenvalue weighted by molar-refractivity contribution is 7.71. The Morgan fingerprint density at radius 1 is 1.52 bits per heavy atom. The summed E-state index contributed by atoms with van der Waals surface area (Å²) in [6.07, 6.45) is 0.784. The van der Waals surface area contributed by atoms with E-state index in [1.165, 1.54) is 0 Å². The second-order valence-corrected chi connectivity index (χ2v) is 6.67. The molecule has 1 amide bonds. The predicted molar refractivity (Wildman–Crippen MR) is 92.2 cm³/mol. The molecule has 0 radical (unpaired) electrons. The van der Waals surface area contributed by atoms with Gasteiger partial charge in [-0.3, -0.25) is 9.89 Å². The molecule has 2 aromatic rings. The van der Waals surface area contributed by atoms with Crippen molar-refractivity contribution in [3.63, 3.8) is 0 Å². The molecular weight excluding hydrogens is 355 g/mol. The molecule has 1 fully saturated rings. The maximum absolute atomic E-state index is 12.3. The summed E-state index contributed by atoms with van der Waals surface area (Å²) < 4.78 is 2.42. The molecule has 1 heterocycles. The van der Waals surface area contributed by atoms with Crippen molar-refractivity contribution in [1.82, 2.24) is 20.1 Å². The van der Waals surface area contributed by atoms with Gasteiger partial charge in [0.25, 0.3) is 0 Å². The molecule has 0 bridgehead atoms. The predicted octanol–water partition coefficient (Wildman–Crippen LogP) is 3.69. The summed E-state index contributed by atoms with van der Waals surface area (Å²) in [5.41, 5.74) is 0.940. The molecule has 1 aromatic carbocycles. The van der Waals surface area contributed by atoms with Crippen LogP contribution in [0.15, 0.2) is 18.2 Å². The van der Waals surface area contributed by atoms with E-state index in [0.717, 1.165) is 17.8 Å². The highest BCUT2D eigenvalue weighted by Gasteiger charge is 2.45. The third kappa shape index (κ3) is 3.29. The zero-order valence-corrected chi connectivity index (χ0v) is 14.8. The molecule has 1 aromatic heterocycles. The van der Waals surface area contributed by atoms with Crippen molar-refractivity contribution in [1.29, 1.82) is 0 Å². The largest absolute Gasteiger partial charge is 0.349 e. The molecule has 1 saturated carbocycles. The average molecular weight is 371 g/mol. The Balaban J connectivity index is 1.62. The van der Waals surface area contributed by atoms with Crippen LogP contribution in [0.4, 0.5) is 0 Å². The molecule has 1 aliphatic rings. The number of halogens is 2. The van der Waals surface area contributed by atoms with Crippen LogP contribution in [0.1, 0.15) is 30.7 Å². The number of aromatic amines is 1. The number of nitrogens with zero attached hydrogens (tertiary/aromatic N) is 2. The van der Waals surface area contributed by atoms with Gasteiger partial charge in [0.15, 0.2) is 10.6 Å². The van der Waals surface area contributed by atoms with E-state index < -0.39 is 0 Å². The van der Waals surface area contributed by atoms with Gasteiger partial charge in [0, 0.05) is 12.5 Å². The van der Waals surface area contributed by atoms with E-state index in [4.69, 9.17) is 35.4 Å². The lowest BCUT2D eigenvalue weighted by Crippen LogP contribution is -2.26. The summed E-state index contributed by atoms with van der Waals surface area (Å²) >= 11 is 17.4. The van der Waals surface area contributed by atoms with Crippen molar-refractivity contribution in [2.45, 2.75) is 32.4 Å². The molecule has 5 nitrogen and oxygen atoms in total. The lowest BCUT2D eigenvalue weighted by Gasteiger charge is -2.07. The van der Waals surface area contributed by atoms with E-state index in [9.17, 15) is 4.79 Å². The lowest BCUT2D eigenvalue weighted by atomic mass is 10.1. The van der Waals surface area contributed by atoms with Crippen LogP contribution in [-0.4, -0.2) is 20.7 Å². The van der Waals surface area contributed by atoms with E-state index in [0.29, 0.717) is 27.9 Å². The van der Waals surface area contributed by atoms with E-state index >= 15 is 0 Å². The van der Waals surface area contributed by atoms with Gasteiger partial charge < -0.3 is 9.88 Å². The Kier molecular flexibility index (Phi) is 4.75. The monoisotopic (exact) mass is 370 g/mol. The number of hydrogen-bond acceptors (Lipinski definition) is 3. The quantitative estimate of drug-likeness (QED) is 0.788. The number of H-pyrrole nitrogens is 1. The van der Waals surface area contributed by atoms with E-state index in [1.807, 2.05) is 23.6 Å². The Morgan fingerprint density at radius 3 is 3.04 bits per heavy atom. The van der Waals surface area contributed by atoms with E-state index in [2.05, 4.69) is 15.5 Å². The Labute approximate surface area is 149 Å². The van der Waals surface area contributed by atoms with E-state index in [1.54, 1.807) is 6.07 Å². The number of hydrogen-bond donors (Lipinski definition) is 2. The third-order valence-corrected chi connectivity index (χ3v) is 5.23. The van der Waals surface area contributed by atoms with Gasteiger partial charge in [-0.1, -0.05) is 35.3 Å². The van der Waals surface area contributed by atoms with Gasteiger partial charge in [-0.15, -0.1) is 0 Å². The van der Waals surface area contributed by atoms with Gasteiger partial charge in [-0.25, -0.2) is 0 Å². The zero-order chi connectivity index (χ0) is 16.6. The fourth-order valence-electron chi connectivity index (χ4n) is 2.74. The van der Waals surface area contributed by atoms with Crippen molar-refractivity contribution in [2.24, 2.45) is 5.92 Å².